The number of rotatable bonds is 4. The Hall–Kier alpha value is -1.69. The van der Waals surface area contributed by atoms with E-state index >= 15 is 0 Å². The minimum Gasteiger partial charge on any atom is -0.476 e. The van der Waals surface area contributed by atoms with Gasteiger partial charge < -0.3 is 15.2 Å². The molecular formula is C11H15N3O3. The highest BCUT2D eigenvalue weighted by atomic mass is 16.5. The van der Waals surface area contributed by atoms with E-state index in [1.54, 1.807) is 0 Å². The molecule has 1 atom stereocenters. The molecule has 6 nitrogen and oxygen atoms in total. The van der Waals surface area contributed by atoms with Crippen LogP contribution in [0.3, 0.4) is 0 Å². The van der Waals surface area contributed by atoms with Gasteiger partial charge in [-0.1, -0.05) is 0 Å². The van der Waals surface area contributed by atoms with E-state index in [2.05, 4.69) is 15.3 Å². The molecule has 0 amide bonds. The zero-order valence-corrected chi connectivity index (χ0v) is 9.43. The van der Waals surface area contributed by atoms with Crippen LogP contribution in [-0.2, 0) is 4.74 Å². The van der Waals surface area contributed by atoms with Gasteiger partial charge >= 0.3 is 5.97 Å². The van der Waals surface area contributed by atoms with Crippen molar-refractivity contribution < 1.29 is 14.6 Å². The SMILES string of the molecule is O=C(O)c1cnc(NCC2CCCOC2)cn1. The molecule has 17 heavy (non-hydrogen) atoms. The average Bonchev–Trinajstić information content (AvgIpc) is 2.38. The summed E-state index contributed by atoms with van der Waals surface area (Å²) in [5, 5.41) is 11.8. The maximum Gasteiger partial charge on any atom is 0.356 e. The summed E-state index contributed by atoms with van der Waals surface area (Å²) in [6, 6.07) is 0. The quantitative estimate of drug-likeness (QED) is 0.813. The molecule has 0 saturated carbocycles. The van der Waals surface area contributed by atoms with Gasteiger partial charge in [0.15, 0.2) is 5.69 Å². The number of aromatic carboxylic acids is 1. The standard InChI is InChI=1S/C11H15N3O3/c15-11(16)9-5-14-10(6-12-9)13-4-8-2-1-3-17-7-8/h5-6,8H,1-4,7H2,(H,13,14)(H,15,16). The van der Waals surface area contributed by atoms with Crippen LogP contribution in [0.2, 0.25) is 0 Å². The third-order valence-corrected chi connectivity index (χ3v) is 2.70. The van der Waals surface area contributed by atoms with Crippen molar-refractivity contribution in [3.05, 3.63) is 18.1 Å². The Labute approximate surface area is 99.0 Å². The fraction of sp³-hybridized carbons (Fsp3) is 0.545. The van der Waals surface area contributed by atoms with E-state index in [0.29, 0.717) is 11.7 Å². The number of ether oxygens (including phenoxy) is 1. The van der Waals surface area contributed by atoms with Crippen molar-refractivity contribution in [2.75, 3.05) is 25.1 Å². The Kier molecular flexibility index (Phi) is 3.87. The summed E-state index contributed by atoms with van der Waals surface area (Å²) in [6.45, 7) is 2.40. The van der Waals surface area contributed by atoms with E-state index in [1.807, 2.05) is 0 Å². The molecule has 0 bridgehead atoms. The molecule has 2 heterocycles. The van der Waals surface area contributed by atoms with E-state index in [4.69, 9.17) is 9.84 Å². The highest BCUT2D eigenvalue weighted by Gasteiger charge is 2.13. The summed E-state index contributed by atoms with van der Waals surface area (Å²) in [4.78, 5) is 18.4. The van der Waals surface area contributed by atoms with Gasteiger partial charge in [0, 0.05) is 13.2 Å². The van der Waals surface area contributed by atoms with Crippen LogP contribution >= 0.6 is 0 Å². The first-order valence-electron chi connectivity index (χ1n) is 5.62. The van der Waals surface area contributed by atoms with Crippen LogP contribution in [0, 0.1) is 5.92 Å². The average molecular weight is 237 g/mol. The second kappa shape index (κ2) is 5.58. The monoisotopic (exact) mass is 237 g/mol. The first-order chi connectivity index (χ1) is 8.25. The molecule has 92 valence electrons. The molecule has 1 fully saturated rings. The van der Waals surface area contributed by atoms with E-state index in [1.165, 1.54) is 12.4 Å². The number of hydrogen-bond donors (Lipinski definition) is 2. The predicted octanol–water partition coefficient (Wildman–Crippen LogP) is 1.01. The predicted molar refractivity (Wildman–Crippen MR) is 61.0 cm³/mol. The molecule has 1 unspecified atom stereocenters. The third-order valence-electron chi connectivity index (χ3n) is 2.70. The Morgan fingerprint density at radius 1 is 1.53 bits per heavy atom. The zero-order chi connectivity index (χ0) is 12.1. The number of nitrogens with zero attached hydrogens (tertiary/aromatic N) is 2. The molecule has 6 heteroatoms. The number of carboxylic acid groups (broad SMARTS) is 1. The second-order valence-electron chi connectivity index (χ2n) is 4.06. The number of aromatic nitrogens is 2. The molecule has 1 saturated heterocycles. The lowest BCUT2D eigenvalue weighted by atomic mass is 10.0. The van der Waals surface area contributed by atoms with E-state index in [9.17, 15) is 4.79 Å². The normalized spacial score (nSPS) is 19.9. The van der Waals surface area contributed by atoms with Crippen molar-refractivity contribution in [2.45, 2.75) is 12.8 Å². The van der Waals surface area contributed by atoms with Crippen LogP contribution in [0.1, 0.15) is 23.3 Å². The van der Waals surface area contributed by atoms with Crippen LogP contribution in [0.4, 0.5) is 5.82 Å². The van der Waals surface area contributed by atoms with Crippen LogP contribution in [0.5, 0.6) is 0 Å². The summed E-state index contributed by atoms with van der Waals surface area (Å²) in [7, 11) is 0. The molecule has 0 spiro atoms. The van der Waals surface area contributed by atoms with Gasteiger partial charge in [-0.15, -0.1) is 0 Å². The van der Waals surface area contributed by atoms with Gasteiger partial charge in [0.25, 0.3) is 0 Å². The molecule has 1 aliphatic heterocycles. The first kappa shape index (κ1) is 11.8. The van der Waals surface area contributed by atoms with Gasteiger partial charge in [-0.2, -0.15) is 0 Å². The van der Waals surface area contributed by atoms with Crippen LogP contribution in [0.25, 0.3) is 0 Å². The molecule has 1 aromatic heterocycles. The van der Waals surface area contributed by atoms with Crippen molar-refractivity contribution in [1.29, 1.82) is 0 Å². The molecule has 1 aliphatic rings. The molecule has 2 rings (SSSR count). The van der Waals surface area contributed by atoms with Crippen molar-refractivity contribution in [3.63, 3.8) is 0 Å². The third kappa shape index (κ3) is 3.39. The Balaban J connectivity index is 1.84. The maximum atomic E-state index is 10.6. The lowest BCUT2D eigenvalue weighted by molar-refractivity contribution is 0.0595. The van der Waals surface area contributed by atoms with Crippen LogP contribution in [0.15, 0.2) is 12.4 Å². The highest BCUT2D eigenvalue weighted by molar-refractivity contribution is 5.84. The number of carbonyl (C=O) groups is 1. The maximum absolute atomic E-state index is 10.6. The fourth-order valence-corrected chi connectivity index (χ4v) is 1.75. The molecule has 0 aromatic carbocycles. The largest absolute Gasteiger partial charge is 0.476 e. The van der Waals surface area contributed by atoms with Crippen molar-refractivity contribution in [2.24, 2.45) is 5.92 Å². The van der Waals surface area contributed by atoms with Crippen molar-refractivity contribution in [1.82, 2.24) is 9.97 Å². The van der Waals surface area contributed by atoms with Gasteiger partial charge in [0.05, 0.1) is 19.0 Å². The highest BCUT2D eigenvalue weighted by Crippen LogP contribution is 2.14. The molecular weight excluding hydrogens is 222 g/mol. The number of anilines is 1. The summed E-state index contributed by atoms with van der Waals surface area (Å²) >= 11 is 0. The number of hydrogen-bond acceptors (Lipinski definition) is 5. The Bertz CT molecular complexity index is 374. The van der Waals surface area contributed by atoms with Crippen LogP contribution in [-0.4, -0.2) is 40.8 Å². The number of carboxylic acids is 1. The van der Waals surface area contributed by atoms with E-state index in [-0.39, 0.29) is 5.69 Å². The van der Waals surface area contributed by atoms with Crippen molar-refractivity contribution >= 4 is 11.8 Å². The molecule has 0 radical (unpaired) electrons. The van der Waals surface area contributed by atoms with Gasteiger partial charge in [-0.3, -0.25) is 0 Å². The Morgan fingerprint density at radius 2 is 2.41 bits per heavy atom. The summed E-state index contributed by atoms with van der Waals surface area (Å²) in [5.41, 5.74) is -0.0449. The summed E-state index contributed by atoms with van der Waals surface area (Å²) < 4.78 is 5.37. The zero-order valence-electron chi connectivity index (χ0n) is 9.43. The molecule has 1 aromatic rings. The minimum absolute atomic E-state index is 0.0449. The van der Waals surface area contributed by atoms with E-state index < -0.39 is 5.97 Å². The van der Waals surface area contributed by atoms with Gasteiger partial charge in [0.2, 0.25) is 0 Å². The van der Waals surface area contributed by atoms with Gasteiger partial charge in [0.1, 0.15) is 5.82 Å². The van der Waals surface area contributed by atoms with E-state index in [0.717, 1.165) is 32.6 Å². The second-order valence-corrected chi connectivity index (χ2v) is 4.06. The molecule has 2 N–H and O–H groups in total. The lowest BCUT2D eigenvalue weighted by Gasteiger charge is -2.22. The summed E-state index contributed by atoms with van der Waals surface area (Å²) in [6.07, 6.45) is 4.93. The van der Waals surface area contributed by atoms with Crippen LogP contribution < -0.4 is 5.32 Å². The Morgan fingerprint density at radius 3 is 3.00 bits per heavy atom. The topological polar surface area (TPSA) is 84.3 Å². The smallest absolute Gasteiger partial charge is 0.356 e. The lowest BCUT2D eigenvalue weighted by Crippen LogP contribution is -2.24. The first-order valence-corrected chi connectivity index (χ1v) is 5.62. The van der Waals surface area contributed by atoms with Gasteiger partial charge in [-0.25, -0.2) is 14.8 Å². The van der Waals surface area contributed by atoms with Crippen molar-refractivity contribution in [3.8, 4) is 0 Å². The summed E-state index contributed by atoms with van der Waals surface area (Å²) in [5.74, 6) is 0.0232. The number of nitrogens with one attached hydrogen (secondary N) is 1. The van der Waals surface area contributed by atoms with Gasteiger partial charge in [-0.05, 0) is 18.8 Å². The minimum atomic E-state index is -1.07. The molecule has 0 aliphatic carbocycles. The fourth-order valence-electron chi connectivity index (χ4n) is 1.75.